The number of aliphatic hydroxyl groups excluding tert-OH is 1. The number of nitrogens with one attached hydrogen (secondary N) is 1. The Labute approximate surface area is 107 Å². The quantitative estimate of drug-likeness (QED) is 0.824. The molecular weight excluding hydrogens is 228 g/mol. The Morgan fingerprint density at radius 3 is 3.11 bits per heavy atom. The maximum absolute atomic E-state index is 12.6. The number of benzene rings is 1. The maximum Gasteiger partial charge on any atom is 0.232 e. The first-order valence-electron chi connectivity index (χ1n) is 6.55. The van der Waals surface area contributed by atoms with Gasteiger partial charge in [0.1, 0.15) is 0 Å². The van der Waals surface area contributed by atoms with E-state index in [1.165, 1.54) is 0 Å². The summed E-state index contributed by atoms with van der Waals surface area (Å²) >= 11 is 0. The fourth-order valence-corrected chi connectivity index (χ4v) is 3.02. The number of anilines is 1. The number of carbonyl (C=O) groups is 1. The molecule has 1 aromatic rings. The lowest BCUT2D eigenvalue weighted by molar-refractivity contribution is -0.133. The van der Waals surface area contributed by atoms with E-state index in [1.807, 2.05) is 29.2 Å². The van der Waals surface area contributed by atoms with Gasteiger partial charge in [-0.05, 0) is 24.5 Å². The van der Waals surface area contributed by atoms with Crippen molar-refractivity contribution in [1.29, 1.82) is 0 Å². The molecule has 18 heavy (non-hydrogen) atoms. The topological polar surface area (TPSA) is 52.6 Å². The molecule has 0 radical (unpaired) electrons. The van der Waals surface area contributed by atoms with Gasteiger partial charge >= 0.3 is 0 Å². The number of amides is 1. The van der Waals surface area contributed by atoms with Crippen molar-refractivity contribution in [3.8, 4) is 0 Å². The Kier molecular flexibility index (Phi) is 2.96. The van der Waals surface area contributed by atoms with Gasteiger partial charge in [-0.2, -0.15) is 0 Å². The summed E-state index contributed by atoms with van der Waals surface area (Å²) in [5.41, 5.74) is 2.15. The van der Waals surface area contributed by atoms with Crippen molar-refractivity contribution in [2.45, 2.75) is 24.8 Å². The Morgan fingerprint density at radius 2 is 2.28 bits per heavy atom. The summed E-state index contributed by atoms with van der Waals surface area (Å²) in [5, 5.41) is 12.6. The third-order valence-corrected chi connectivity index (χ3v) is 4.00. The predicted molar refractivity (Wildman–Crippen MR) is 69.5 cm³/mol. The monoisotopic (exact) mass is 246 g/mol. The predicted octanol–water partition coefficient (Wildman–Crippen LogP) is 1.18. The number of nitrogens with zero attached hydrogens (tertiary/aromatic N) is 1. The normalized spacial score (nSPS) is 25.9. The molecule has 4 nitrogen and oxygen atoms in total. The molecule has 2 aliphatic rings. The second-order valence-electron chi connectivity index (χ2n) is 5.03. The molecule has 0 aromatic heterocycles. The molecule has 0 spiro atoms. The van der Waals surface area contributed by atoms with E-state index in [9.17, 15) is 9.90 Å². The van der Waals surface area contributed by atoms with Crippen LogP contribution in [0.4, 0.5) is 5.69 Å². The van der Waals surface area contributed by atoms with Crippen molar-refractivity contribution in [3.63, 3.8) is 0 Å². The molecule has 1 unspecified atom stereocenters. The Morgan fingerprint density at radius 1 is 1.44 bits per heavy atom. The molecule has 2 atom stereocenters. The van der Waals surface area contributed by atoms with Gasteiger partial charge in [0, 0.05) is 18.8 Å². The lowest BCUT2D eigenvalue weighted by Crippen LogP contribution is -2.41. The molecule has 0 aliphatic carbocycles. The molecular formula is C14H18N2O2. The molecule has 2 aliphatic heterocycles. The van der Waals surface area contributed by atoms with Crippen LogP contribution in [-0.4, -0.2) is 41.7 Å². The van der Waals surface area contributed by atoms with Crippen molar-refractivity contribution < 1.29 is 9.90 Å². The van der Waals surface area contributed by atoms with E-state index in [-0.39, 0.29) is 24.5 Å². The molecule has 2 N–H and O–H groups in total. The first kappa shape index (κ1) is 11.5. The van der Waals surface area contributed by atoms with Crippen LogP contribution in [0.5, 0.6) is 0 Å². The number of carbonyl (C=O) groups excluding carboxylic acids is 1. The molecule has 1 aromatic carbocycles. The lowest BCUT2D eigenvalue weighted by atomic mass is 9.99. The Bertz CT molecular complexity index is 461. The Hall–Kier alpha value is -1.55. The highest BCUT2D eigenvalue weighted by Gasteiger charge is 2.36. The van der Waals surface area contributed by atoms with Crippen molar-refractivity contribution in [2.75, 3.05) is 25.0 Å². The average Bonchev–Trinajstić information content (AvgIpc) is 3.04. The van der Waals surface area contributed by atoms with Crippen molar-refractivity contribution >= 4 is 11.6 Å². The molecule has 96 valence electrons. The minimum atomic E-state index is -0.0895. The minimum Gasteiger partial charge on any atom is -0.394 e. The number of fused-ring (bicyclic) bond motifs is 1. The van der Waals surface area contributed by atoms with E-state index in [0.29, 0.717) is 6.54 Å². The third-order valence-electron chi connectivity index (χ3n) is 4.00. The summed E-state index contributed by atoms with van der Waals surface area (Å²) in [6.07, 6.45) is 1.92. The largest absolute Gasteiger partial charge is 0.394 e. The van der Waals surface area contributed by atoms with Crippen LogP contribution in [0.1, 0.15) is 24.3 Å². The van der Waals surface area contributed by atoms with E-state index in [2.05, 4.69) is 5.32 Å². The van der Waals surface area contributed by atoms with Crippen LogP contribution >= 0.6 is 0 Å². The van der Waals surface area contributed by atoms with Gasteiger partial charge in [0.05, 0.1) is 18.6 Å². The molecule has 1 fully saturated rings. The Balaban J connectivity index is 1.82. The highest BCUT2D eigenvalue weighted by molar-refractivity contribution is 5.88. The summed E-state index contributed by atoms with van der Waals surface area (Å²) in [7, 11) is 0. The van der Waals surface area contributed by atoms with Crippen LogP contribution in [-0.2, 0) is 4.79 Å². The molecule has 0 bridgehead atoms. The van der Waals surface area contributed by atoms with E-state index in [4.69, 9.17) is 0 Å². The zero-order valence-corrected chi connectivity index (χ0v) is 10.3. The number of hydrogen-bond donors (Lipinski definition) is 2. The number of hydrogen-bond acceptors (Lipinski definition) is 3. The number of rotatable bonds is 2. The van der Waals surface area contributed by atoms with Crippen molar-refractivity contribution in [3.05, 3.63) is 29.8 Å². The average molecular weight is 246 g/mol. The third kappa shape index (κ3) is 1.77. The summed E-state index contributed by atoms with van der Waals surface area (Å²) in [6.45, 7) is 1.53. The van der Waals surface area contributed by atoms with Gasteiger partial charge in [0.15, 0.2) is 0 Å². The highest BCUT2D eigenvalue weighted by atomic mass is 16.3. The lowest BCUT2D eigenvalue weighted by Gasteiger charge is -2.26. The summed E-state index contributed by atoms with van der Waals surface area (Å²) in [4.78, 5) is 14.4. The first-order chi connectivity index (χ1) is 8.81. The van der Waals surface area contributed by atoms with Crippen LogP contribution in [0.25, 0.3) is 0 Å². The van der Waals surface area contributed by atoms with Gasteiger partial charge in [-0.15, -0.1) is 0 Å². The first-order valence-corrected chi connectivity index (χ1v) is 6.55. The van der Waals surface area contributed by atoms with E-state index in [0.717, 1.165) is 30.6 Å². The van der Waals surface area contributed by atoms with Crippen LogP contribution in [0, 0.1) is 0 Å². The number of likely N-dealkylation sites (tertiary alicyclic amines) is 1. The summed E-state index contributed by atoms with van der Waals surface area (Å²) in [6, 6.07) is 7.99. The van der Waals surface area contributed by atoms with Gasteiger partial charge in [0.2, 0.25) is 5.91 Å². The molecule has 3 rings (SSSR count). The van der Waals surface area contributed by atoms with Gasteiger partial charge in [-0.25, -0.2) is 0 Å². The van der Waals surface area contributed by atoms with Gasteiger partial charge in [-0.3, -0.25) is 4.79 Å². The zero-order chi connectivity index (χ0) is 12.5. The van der Waals surface area contributed by atoms with Gasteiger partial charge in [0.25, 0.3) is 0 Å². The molecule has 0 saturated carbocycles. The highest BCUT2D eigenvalue weighted by Crippen LogP contribution is 2.33. The van der Waals surface area contributed by atoms with E-state index >= 15 is 0 Å². The van der Waals surface area contributed by atoms with Crippen LogP contribution in [0.15, 0.2) is 24.3 Å². The number of para-hydroxylation sites is 1. The fourth-order valence-electron chi connectivity index (χ4n) is 3.02. The molecule has 2 heterocycles. The second kappa shape index (κ2) is 4.61. The molecule has 4 heteroatoms. The van der Waals surface area contributed by atoms with Gasteiger partial charge < -0.3 is 15.3 Å². The minimum absolute atomic E-state index is 0.0188. The van der Waals surface area contributed by atoms with Crippen LogP contribution in [0.2, 0.25) is 0 Å². The molecule has 1 amide bonds. The van der Waals surface area contributed by atoms with Gasteiger partial charge in [-0.1, -0.05) is 18.2 Å². The SMILES string of the molecule is O=C(C1CNc2ccccc21)N1CCC[C@H]1CO. The van der Waals surface area contributed by atoms with Crippen LogP contribution in [0.3, 0.4) is 0 Å². The summed E-state index contributed by atoms with van der Waals surface area (Å²) in [5.74, 6) is 0.0670. The summed E-state index contributed by atoms with van der Waals surface area (Å²) < 4.78 is 0. The smallest absolute Gasteiger partial charge is 0.232 e. The zero-order valence-electron chi connectivity index (χ0n) is 10.3. The number of aliphatic hydroxyl groups is 1. The second-order valence-corrected chi connectivity index (χ2v) is 5.03. The van der Waals surface area contributed by atoms with Crippen LogP contribution < -0.4 is 5.32 Å². The van der Waals surface area contributed by atoms with Crippen molar-refractivity contribution in [1.82, 2.24) is 4.90 Å². The van der Waals surface area contributed by atoms with Crippen molar-refractivity contribution in [2.24, 2.45) is 0 Å². The standard InChI is InChI=1S/C14H18N2O2/c17-9-10-4-3-7-16(10)14(18)12-8-15-13-6-2-1-5-11(12)13/h1-2,5-6,10,12,15,17H,3-4,7-9H2/t10-,12?/m0/s1. The maximum atomic E-state index is 12.6. The van der Waals surface area contributed by atoms with E-state index in [1.54, 1.807) is 0 Å². The van der Waals surface area contributed by atoms with E-state index < -0.39 is 0 Å². The molecule has 1 saturated heterocycles. The fraction of sp³-hybridized carbons (Fsp3) is 0.500.